The summed E-state index contributed by atoms with van der Waals surface area (Å²) in [6.45, 7) is 0.940. The molecule has 0 aliphatic carbocycles. The number of carbonyl (C=O) groups excluding carboxylic acids is 1. The maximum atomic E-state index is 12.6. The van der Waals surface area contributed by atoms with E-state index >= 15 is 0 Å². The highest BCUT2D eigenvalue weighted by atomic mass is 79.9. The Morgan fingerprint density at radius 2 is 2.09 bits per heavy atom. The van der Waals surface area contributed by atoms with Crippen LogP contribution in [-0.2, 0) is 4.79 Å². The summed E-state index contributed by atoms with van der Waals surface area (Å²) in [5, 5.41) is 8.83. The van der Waals surface area contributed by atoms with Crippen LogP contribution in [0.4, 0.5) is 5.69 Å². The van der Waals surface area contributed by atoms with Crippen LogP contribution < -0.4 is 4.90 Å². The van der Waals surface area contributed by atoms with Crippen LogP contribution in [0, 0.1) is 11.3 Å². The molecular formula is C17H14BrN3O. The van der Waals surface area contributed by atoms with Gasteiger partial charge in [0.1, 0.15) is 0 Å². The summed E-state index contributed by atoms with van der Waals surface area (Å²) in [6.07, 6.45) is 6.67. The summed E-state index contributed by atoms with van der Waals surface area (Å²) in [6, 6.07) is 9.05. The minimum atomic E-state index is -0.0692. The van der Waals surface area contributed by atoms with Crippen molar-refractivity contribution in [3.63, 3.8) is 0 Å². The van der Waals surface area contributed by atoms with E-state index in [2.05, 4.69) is 26.9 Å². The molecule has 4 nitrogen and oxygen atoms in total. The normalized spacial score (nSPS) is 16.2. The predicted molar refractivity (Wildman–Crippen MR) is 89.1 cm³/mol. The van der Waals surface area contributed by atoms with Gasteiger partial charge in [-0.05, 0) is 42.8 Å². The molecule has 0 N–H and O–H groups in total. The van der Waals surface area contributed by atoms with Gasteiger partial charge >= 0.3 is 0 Å². The first-order valence-corrected chi connectivity index (χ1v) is 7.73. The summed E-state index contributed by atoms with van der Waals surface area (Å²) in [4.78, 5) is 16.4. The van der Waals surface area contributed by atoms with Crippen LogP contribution in [0.2, 0.25) is 0 Å². The lowest BCUT2D eigenvalue weighted by Gasteiger charge is -2.23. The molecule has 0 spiro atoms. The lowest BCUT2D eigenvalue weighted by Crippen LogP contribution is -2.28. The van der Waals surface area contributed by atoms with Gasteiger partial charge in [-0.15, -0.1) is 0 Å². The second kappa shape index (κ2) is 5.82. The van der Waals surface area contributed by atoms with E-state index in [0.29, 0.717) is 11.1 Å². The molecule has 110 valence electrons. The van der Waals surface area contributed by atoms with Gasteiger partial charge in [0.15, 0.2) is 0 Å². The zero-order chi connectivity index (χ0) is 15.7. The van der Waals surface area contributed by atoms with Crippen molar-refractivity contribution in [3.05, 3.63) is 63.9 Å². The number of hydrogen-bond donors (Lipinski definition) is 0. The molecule has 2 aliphatic heterocycles. The number of amides is 1. The largest absolute Gasteiger partial charge is 0.347 e. The number of likely N-dealkylation sites (N-methyl/N-ethyl adjacent to an activating group) is 1. The van der Waals surface area contributed by atoms with E-state index in [1.165, 1.54) is 0 Å². The second-order valence-corrected chi connectivity index (χ2v) is 6.13. The molecule has 0 saturated carbocycles. The van der Waals surface area contributed by atoms with Gasteiger partial charge in [0.25, 0.3) is 5.91 Å². The Balaban J connectivity index is 1.84. The number of nitriles is 1. The van der Waals surface area contributed by atoms with Crippen LogP contribution in [0.1, 0.15) is 12.0 Å². The highest BCUT2D eigenvalue weighted by Gasteiger charge is 2.24. The number of allylic oxidation sites excluding steroid dienone is 1. The van der Waals surface area contributed by atoms with Crippen molar-refractivity contribution in [1.29, 1.82) is 5.26 Å². The summed E-state index contributed by atoms with van der Waals surface area (Å²) in [5.74, 6) is -0.0692. The average molecular weight is 356 g/mol. The Bertz CT molecular complexity index is 753. The molecule has 0 atom stereocenters. The van der Waals surface area contributed by atoms with E-state index in [4.69, 9.17) is 5.26 Å². The van der Waals surface area contributed by atoms with Crippen LogP contribution in [-0.4, -0.2) is 24.4 Å². The van der Waals surface area contributed by atoms with Gasteiger partial charge in [-0.1, -0.05) is 15.9 Å². The first-order chi connectivity index (χ1) is 10.6. The van der Waals surface area contributed by atoms with E-state index in [0.717, 1.165) is 28.8 Å². The summed E-state index contributed by atoms with van der Waals surface area (Å²) >= 11 is 3.56. The molecule has 22 heavy (non-hydrogen) atoms. The number of hydrogen-bond acceptors (Lipinski definition) is 3. The SMILES string of the molecule is CN(C(=O)C1=CC2=C(Br)CCN2C=C1)c1ccc(C#N)cc1. The highest BCUT2D eigenvalue weighted by Crippen LogP contribution is 2.32. The number of anilines is 1. The van der Waals surface area contributed by atoms with E-state index in [1.54, 1.807) is 36.2 Å². The molecule has 0 unspecified atom stereocenters. The van der Waals surface area contributed by atoms with Gasteiger partial charge in [0, 0.05) is 35.5 Å². The van der Waals surface area contributed by atoms with Crippen molar-refractivity contribution in [1.82, 2.24) is 4.90 Å². The number of fused-ring (bicyclic) bond motifs is 1. The second-order valence-electron chi connectivity index (χ2n) is 5.17. The van der Waals surface area contributed by atoms with Crippen LogP contribution >= 0.6 is 15.9 Å². The Morgan fingerprint density at radius 3 is 2.77 bits per heavy atom. The number of benzene rings is 1. The lowest BCUT2D eigenvalue weighted by molar-refractivity contribution is -0.114. The first-order valence-electron chi connectivity index (χ1n) is 6.93. The quantitative estimate of drug-likeness (QED) is 0.817. The highest BCUT2D eigenvalue weighted by molar-refractivity contribution is 9.11. The molecule has 0 aromatic heterocycles. The summed E-state index contributed by atoms with van der Waals surface area (Å²) < 4.78 is 1.13. The van der Waals surface area contributed by atoms with Crippen LogP contribution in [0.15, 0.2) is 58.4 Å². The predicted octanol–water partition coefficient (Wildman–Crippen LogP) is 3.29. The van der Waals surface area contributed by atoms with E-state index < -0.39 is 0 Å². The van der Waals surface area contributed by atoms with E-state index in [9.17, 15) is 4.79 Å². The minimum absolute atomic E-state index is 0.0692. The zero-order valence-corrected chi connectivity index (χ0v) is 13.7. The molecule has 1 aromatic rings. The number of nitrogens with zero attached hydrogens (tertiary/aromatic N) is 3. The Labute approximate surface area is 137 Å². The van der Waals surface area contributed by atoms with Gasteiger partial charge in [-0.3, -0.25) is 4.79 Å². The summed E-state index contributed by atoms with van der Waals surface area (Å²) in [7, 11) is 1.74. The number of carbonyl (C=O) groups is 1. The molecule has 1 amide bonds. The average Bonchev–Trinajstić information content (AvgIpc) is 2.94. The van der Waals surface area contributed by atoms with Gasteiger partial charge in [0.05, 0.1) is 17.3 Å². The molecule has 2 heterocycles. The minimum Gasteiger partial charge on any atom is -0.347 e. The fraction of sp³-hybridized carbons (Fsp3) is 0.176. The van der Waals surface area contributed by atoms with E-state index in [-0.39, 0.29) is 5.91 Å². The topological polar surface area (TPSA) is 47.3 Å². The van der Waals surface area contributed by atoms with Crippen LogP contribution in [0.5, 0.6) is 0 Å². The first kappa shape index (κ1) is 14.6. The lowest BCUT2D eigenvalue weighted by atomic mass is 10.1. The smallest absolute Gasteiger partial charge is 0.258 e. The van der Waals surface area contributed by atoms with Gasteiger partial charge in [-0.25, -0.2) is 0 Å². The number of rotatable bonds is 2. The Kier molecular flexibility index (Phi) is 3.86. The number of halogens is 1. The molecule has 5 heteroatoms. The van der Waals surface area contributed by atoms with Gasteiger partial charge in [-0.2, -0.15) is 5.26 Å². The molecule has 0 fully saturated rings. The van der Waals surface area contributed by atoms with E-state index in [1.807, 2.05) is 18.4 Å². The Morgan fingerprint density at radius 1 is 1.36 bits per heavy atom. The van der Waals surface area contributed by atoms with Crippen molar-refractivity contribution in [2.75, 3.05) is 18.5 Å². The van der Waals surface area contributed by atoms with Crippen LogP contribution in [0.3, 0.4) is 0 Å². The fourth-order valence-corrected chi connectivity index (χ4v) is 3.03. The maximum absolute atomic E-state index is 12.6. The third kappa shape index (κ3) is 2.58. The molecular weight excluding hydrogens is 342 g/mol. The zero-order valence-electron chi connectivity index (χ0n) is 12.1. The molecule has 1 aromatic carbocycles. The van der Waals surface area contributed by atoms with Gasteiger partial charge in [0.2, 0.25) is 0 Å². The van der Waals surface area contributed by atoms with Crippen molar-refractivity contribution in [2.45, 2.75) is 6.42 Å². The van der Waals surface area contributed by atoms with Crippen LogP contribution in [0.25, 0.3) is 0 Å². The monoisotopic (exact) mass is 355 g/mol. The van der Waals surface area contributed by atoms with Crippen molar-refractivity contribution in [2.24, 2.45) is 0 Å². The molecule has 3 rings (SSSR count). The van der Waals surface area contributed by atoms with Crippen molar-refractivity contribution >= 4 is 27.5 Å². The third-order valence-corrected chi connectivity index (χ3v) is 4.62. The molecule has 2 aliphatic rings. The summed E-state index contributed by atoms with van der Waals surface area (Å²) in [5.41, 5.74) is 3.05. The molecule has 0 radical (unpaired) electrons. The Hall–Kier alpha value is -2.32. The van der Waals surface area contributed by atoms with Crippen molar-refractivity contribution in [3.8, 4) is 6.07 Å². The standard InChI is InChI=1S/C17H14BrN3O/c1-20(14-4-2-12(11-19)3-5-14)17(22)13-6-8-21-9-7-15(18)16(21)10-13/h2-6,8,10H,7,9H2,1H3. The van der Waals surface area contributed by atoms with Gasteiger partial charge < -0.3 is 9.80 Å². The van der Waals surface area contributed by atoms with Crippen molar-refractivity contribution < 1.29 is 4.79 Å². The fourth-order valence-electron chi connectivity index (χ4n) is 2.51. The molecule has 0 bridgehead atoms. The maximum Gasteiger partial charge on any atom is 0.258 e. The molecule has 0 saturated heterocycles. The third-order valence-electron chi connectivity index (χ3n) is 3.82.